The largest absolute Gasteiger partial charge is 0.331 e. The monoisotopic (exact) mass is 333 g/mol. The van der Waals surface area contributed by atoms with Crippen molar-refractivity contribution in [1.82, 2.24) is 14.8 Å². The number of hydrogen-bond acceptors (Lipinski definition) is 4. The van der Waals surface area contributed by atoms with Gasteiger partial charge in [-0.25, -0.2) is 9.37 Å². The Morgan fingerprint density at radius 3 is 2.57 bits per heavy atom. The van der Waals surface area contributed by atoms with E-state index in [4.69, 9.17) is 0 Å². The fourth-order valence-electron chi connectivity index (χ4n) is 2.71. The molecule has 0 spiro atoms. The summed E-state index contributed by atoms with van der Waals surface area (Å²) in [6.07, 6.45) is 3.85. The number of thiazole rings is 1. The molecule has 1 aromatic carbocycles. The fraction of sp³-hybridized carbons (Fsp3) is 0.412. The Morgan fingerprint density at radius 2 is 2.04 bits per heavy atom. The average molecular weight is 333 g/mol. The zero-order valence-electron chi connectivity index (χ0n) is 13.3. The molecule has 1 aromatic heterocycles. The van der Waals surface area contributed by atoms with E-state index in [1.165, 1.54) is 12.1 Å². The van der Waals surface area contributed by atoms with Gasteiger partial charge in [0.05, 0.1) is 6.54 Å². The van der Waals surface area contributed by atoms with Crippen LogP contribution in [-0.4, -0.2) is 40.8 Å². The van der Waals surface area contributed by atoms with Crippen LogP contribution in [0.5, 0.6) is 0 Å². The van der Waals surface area contributed by atoms with E-state index in [0.29, 0.717) is 12.6 Å². The van der Waals surface area contributed by atoms with Crippen LogP contribution in [0.15, 0.2) is 35.8 Å². The number of aromatic nitrogens is 1. The summed E-state index contributed by atoms with van der Waals surface area (Å²) in [5.41, 5.74) is 0.811. The number of carbonyl (C=O) groups is 1. The highest BCUT2D eigenvalue weighted by Gasteiger charge is 2.37. The molecular formula is C17H20FN3OS. The lowest BCUT2D eigenvalue weighted by Crippen LogP contribution is -2.41. The first-order chi connectivity index (χ1) is 11.1. The molecule has 2 aromatic rings. The maximum Gasteiger partial charge on any atom is 0.245 e. The summed E-state index contributed by atoms with van der Waals surface area (Å²) in [4.78, 5) is 21.2. The maximum absolute atomic E-state index is 13.2. The number of likely N-dealkylation sites (N-methyl/N-ethyl adjacent to an activating group) is 1. The summed E-state index contributed by atoms with van der Waals surface area (Å²) in [5.74, 6) is -0.236. The quantitative estimate of drug-likeness (QED) is 0.815. The van der Waals surface area contributed by atoms with Gasteiger partial charge in [0.25, 0.3) is 0 Å². The minimum Gasteiger partial charge on any atom is -0.331 e. The number of halogens is 1. The van der Waals surface area contributed by atoms with Gasteiger partial charge in [-0.2, -0.15) is 0 Å². The smallest absolute Gasteiger partial charge is 0.245 e. The van der Waals surface area contributed by atoms with Crippen molar-refractivity contribution in [2.24, 2.45) is 0 Å². The Labute approximate surface area is 139 Å². The average Bonchev–Trinajstić information content (AvgIpc) is 3.23. The minimum atomic E-state index is -0.406. The Balaban J connectivity index is 1.84. The second kappa shape index (κ2) is 6.76. The number of carbonyl (C=O) groups excluding carboxylic acids is 1. The highest BCUT2D eigenvalue weighted by atomic mass is 32.1. The van der Waals surface area contributed by atoms with E-state index < -0.39 is 6.04 Å². The van der Waals surface area contributed by atoms with Crippen LogP contribution < -0.4 is 0 Å². The molecule has 1 aliphatic rings. The van der Waals surface area contributed by atoms with Crippen LogP contribution in [-0.2, 0) is 11.3 Å². The van der Waals surface area contributed by atoms with Gasteiger partial charge in [-0.15, -0.1) is 11.3 Å². The second-order valence-electron chi connectivity index (χ2n) is 6.04. The summed E-state index contributed by atoms with van der Waals surface area (Å²) >= 11 is 1.56. The van der Waals surface area contributed by atoms with E-state index in [-0.39, 0.29) is 11.7 Å². The van der Waals surface area contributed by atoms with Crippen molar-refractivity contribution < 1.29 is 9.18 Å². The Bertz CT molecular complexity index is 653. The topological polar surface area (TPSA) is 36.4 Å². The zero-order valence-corrected chi connectivity index (χ0v) is 14.1. The van der Waals surface area contributed by atoms with Crippen molar-refractivity contribution in [3.8, 4) is 0 Å². The van der Waals surface area contributed by atoms with E-state index in [1.807, 2.05) is 29.3 Å². The maximum atomic E-state index is 13.2. The standard InChI is InChI=1S/C17H20FN3OS/c1-20(2)16(12-3-5-13(18)6-4-12)17(22)21(14-7-8-14)11-15-19-9-10-23-15/h3-6,9-10,14,16H,7-8,11H2,1-2H3/t16-/m0/s1. The molecule has 1 saturated carbocycles. The molecule has 1 atom stereocenters. The number of hydrogen-bond donors (Lipinski definition) is 0. The van der Waals surface area contributed by atoms with E-state index in [0.717, 1.165) is 23.4 Å². The summed E-state index contributed by atoms with van der Waals surface area (Å²) in [7, 11) is 3.75. The van der Waals surface area contributed by atoms with Crippen molar-refractivity contribution in [2.75, 3.05) is 14.1 Å². The Hall–Kier alpha value is -1.79. The molecule has 0 saturated heterocycles. The third-order valence-corrected chi connectivity index (χ3v) is 4.76. The number of nitrogens with zero attached hydrogens (tertiary/aromatic N) is 3. The molecule has 0 N–H and O–H groups in total. The van der Waals surface area contributed by atoms with Crippen LogP contribution >= 0.6 is 11.3 Å². The molecule has 0 bridgehead atoms. The van der Waals surface area contributed by atoms with Crippen LogP contribution in [0.25, 0.3) is 0 Å². The summed E-state index contributed by atoms with van der Waals surface area (Å²) in [6.45, 7) is 0.548. The molecule has 23 heavy (non-hydrogen) atoms. The van der Waals surface area contributed by atoms with Crippen molar-refractivity contribution in [3.63, 3.8) is 0 Å². The highest BCUT2D eigenvalue weighted by Crippen LogP contribution is 2.32. The Kier molecular flexibility index (Phi) is 4.73. The normalized spacial score (nSPS) is 15.7. The van der Waals surface area contributed by atoms with Crippen LogP contribution in [0.1, 0.15) is 29.5 Å². The molecule has 1 aliphatic carbocycles. The summed E-state index contributed by atoms with van der Waals surface area (Å²) < 4.78 is 13.2. The van der Waals surface area contributed by atoms with Gasteiger partial charge in [0.1, 0.15) is 16.9 Å². The third-order valence-electron chi connectivity index (χ3n) is 4.00. The predicted octanol–water partition coefficient (Wildman–Crippen LogP) is 3.08. The first-order valence-corrected chi connectivity index (χ1v) is 8.55. The van der Waals surface area contributed by atoms with Gasteiger partial charge < -0.3 is 4.90 Å². The number of amides is 1. The van der Waals surface area contributed by atoms with Crippen LogP contribution in [0.2, 0.25) is 0 Å². The highest BCUT2D eigenvalue weighted by molar-refractivity contribution is 7.09. The molecule has 3 rings (SSSR count). The van der Waals surface area contributed by atoms with E-state index >= 15 is 0 Å². The van der Waals surface area contributed by atoms with E-state index in [1.54, 1.807) is 29.7 Å². The van der Waals surface area contributed by atoms with Crippen LogP contribution in [0.4, 0.5) is 4.39 Å². The van der Waals surface area contributed by atoms with Gasteiger partial charge in [0.15, 0.2) is 0 Å². The van der Waals surface area contributed by atoms with Gasteiger partial charge >= 0.3 is 0 Å². The summed E-state index contributed by atoms with van der Waals surface area (Å²) in [5, 5.41) is 2.87. The molecule has 4 nitrogen and oxygen atoms in total. The molecule has 6 heteroatoms. The summed E-state index contributed by atoms with van der Waals surface area (Å²) in [6, 6.07) is 6.08. The van der Waals surface area contributed by atoms with Crippen molar-refractivity contribution in [2.45, 2.75) is 31.5 Å². The molecule has 0 radical (unpaired) electrons. The van der Waals surface area contributed by atoms with Gasteiger partial charge in [-0.05, 0) is 44.6 Å². The fourth-order valence-corrected chi connectivity index (χ4v) is 3.33. The first-order valence-electron chi connectivity index (χ1n) is 7.67. The van der Waals surface area contributed by atoms with Crippen LogP contribution in [0.3, 0.4) is 0 Å². The van der Waals surface area contributed by atoms with E-state index in [2.05, 4.69) is 4.98 Å². The lowest BCUT2D eigenvalue weighted by molar-refractivity contribution is -0.137. The van der Waals surface area contributed by atoms with Gasteiger partial charge in [0.2, 0.25) is 5.91 Å². The minimum absolute atomic E-state index is 0.0549. The van der Waals surface area contributed by atoms with Gasteiger partial charge in [0, 0.05) is 17.6 Å². The SMILES string of the molecule is CN(C)[C@H](C(=O)N(Cc1nccs1)C1CC1)c1ccc(F)cc1. The van der Waals surface area contributed by atoms with Crippen LogP contribution in [0, 0.1) is 5.82 Å². The van der Waals surface area contributed by atoms with Gasteiger partial charge in [-0.1, -0.05) is 12.1 Å². The third kappa shape index (κ3) is 3.76. The van der Waals surface area contributed by atoms with Crippen molar-refractivity contribution in [1.29, 1.82) is 0 Å². The molecule has 1 heterocycles. The molecule has 0 aliphatic heterocycles. The molecular weight excluding hydrogens is 313 g/mol. The lowest BCUT2D eigenvalue weighted by atomic mass is 10.0. The number of benzene rings is 1. The first kappa shape index (κ1) is 16.1. The van der Waals surface area contributed by atoms with Crippen molar-refractivity contribution in [3.05, 3.63) is 52.2 Å². The predicted molar refractivity (Wildman–Crippen MR) is 88.5 cm³/mol. The molecule has 1 amide bonds. The zero-order chi connectivity index (χ0) is 16.4. The number of rotatable bonds is 6. The molecule has 0 unspecified atom stereocenters. The van der Waals surface area contributed by atoms with E-state index in [9.17, 15) is 9.18 Å². The lowest BCUT2D eigenvalue weighted by Gasteiger charge is -2.30. The second-order valence-corrected chi connectivity index (χ2v) is 7.02. The van der Waals surface area contributed by atoms with Crippen molar-refractivity contribution >= 4 is 17.2 Å². The van der Waals surface area contributed by atoms with Gasteiger partial charge in [-0.3, -0.25) is 9.69 Å². The molecule has 1 fully saturated rings. The molecule has 122 valence electrons. The Morgan fingerprint density at radius 1 is 1.35 bits per heavy atom.